The summed E-state index contributed by atoms with van der Waals surface area (Å²) in [5.74, 6) is -0.517. The molecule has 2 fully saturated rings. The Bertz CT molecular complexity index is 1060. The summed E-state index contributed by atoms with van der Waals surface area (Å²) in [6, 6.07) is 15.4. The number of hydroxylamine groups is 1. The summed E-state index contributed by atoms with van der Waals surface area (Å²) in [7, 11) is 0. The van der Waals surface area contributed by atoms with Crippen molar-refractivity contribution in [2.45, 2.75) is 63.6 Å². The van der Waals surface area contributed by atoms with Gasteiger partial charge in [-0.25, -0.2) is 5.48 Å². The van der Waals surface area contributed by atoms with E-state index < -0.39 is 12.2 Å². The lowest BCUT2D eigenvalue weighted by molar-refractivity contribution is -0.253. The standard InChI is InChI=1S/C29H39N3O7/c33-20-21-9-11-22(12-10-21)26-18-25(19-32-13-15-37-16-14-32)38-29(39-26)23-5-4-6-24(17-23)30-27(34)7-2-1-3-8-28(35)31-36/h4-6,9-12,17,25-26,29,33,36H,1-3,7-8,13-16,18-20H2,(H,30,34)(H,31,35)/t25-,26+,29+/m0/s1. The molecule has 2 aromatic carbocycles. The van der Waals surface area contributed by atoms with Crippen LogP contribution in [0.1, 0.15) is 67.6 Å². The lowest BCUT2D eigenvalue weighted by Crippen LogP contribution is -2.44. The van der Waals surface area contributed by atoms with Gasteiger partial charge < -0.3 is 24.6 Å². The number of unbranched alkanes of at least 4 members (excludes halogenated alkanes) is 2. The summed E-state index contributed by atoms with van der Waals surface area (Å²) in [6.45, 7) is 3.97. The number of aliphatic hydroxyl groups is 1. The molecule has 0 saturated carbocycles. The quantitative estimate of drug-likeness (QED) is 0.183. The Kier molecular flexibility index (Phi) is 11.3. The molecule has 0 spiro atoms. The molecule has 0 bridgehead atoms. The van der Waals surface area contributed by atoms with Crippen LogP contribution in [0.15, 0.2) is 48.5 Å². The van der Waals surface area contributed by atoms with Gasteiger partial charge in [0, 0.05) is 50.1 Å². The van der Waals surface area contributed by atoms with Crippen molar-refractivity contribution in [2.75, 3.05) is 38.2 Å². The first kappa shape index (κ1) is 29.1. The number of nitrogens with zero attached hydrogens (tertiary/aromatic N) is 1. The second-order valence-electron chi connectivity index (χ2n) is 10.0. The van der Waals surface area contributed by atoms with Gasteiger partial charge in [0.25, 0.3) is 0 Å². The van der Waals surface area contributed by atoms with E-state index in [-0.39, 0.29) is 31.1 Å². The Morgan fingerprint density at radius 2 is 1.67 bits per heavy atom. The summed E-state index contributed by atoms with van der Waals surface area (Å²) in [5, 5.41) is 20.9. The van der Waals surface area contributed by atoms with E-state index in [2.05, 4.69) is 10.2 Å². The lowest BCUT2D eigenvalue weighted by atomic mass is 9.99. The molecule has 39 heavy (non-hydrogen) atoms. The van der Waals surface area contributed by atoms with Gasteiger partial charge in [-0.15, -0.1) is 0 Å². The molecule has 2 heterocycles. The van der Waals surface area contributed by atoms with Crippen molar-refractivity contribution in [1.29, 1.82) is 0 Å². The monoisotopic (exact) mass is 541 g/mol. The second-order valence-corrected chi connectivity index (χ2v) is 10.0. The first-order chi connectivity index (χ1) is 19.0. The minimum absolute atomic E-state index is 0.00340. The highest BCUT2D eigenvalue weighted by atomic mass is 16.7. The molecule has 0 radical (unpaired) electrons. The van der Waals surface area contributed by atoms with Gasteiger partial charge in [0.1, 0.15) is 0 Å². The van der Waals surface area contributed by atoms with E-state index >= 15 is 0 Å². The number of hydrogen-bond donors (Lipinski definition) is 4. The average molecular weight is 542 g/mol. The number of aliphatic hydroxyl groups excluding tert-OH is 1. The number of morpholine rings is 1. The van der Waals surface area contributed by atoms with Gasteiger partial charge >= 0.3 is 0 Å². The fourth-order valence-corrected chi connectivity index (χ4v) is 4.90. The maximum atomic E-state index is 12.5. The third kappa shape index (κ3) is 9.10. The van der Waals surface area contributed by atoms with Gasteiger partial charge in [-0.1, -0.05) is 42.8 Å². The number of amides is 2. The van der Waals surface area contributed by atoms with Crippen molar-refractivity contribution in [1.82, 2.24) is 10.4 Å². The molecule has 2 aliphatic rings. The molecule has 2 amide bonds. The minimum atomic E-state index is -0.596. The molecular weight excluding hydrogens is 502 g/mol. The Hall–Kier alpha value is -2.86. The van der Waals surface area contributed by atoms with Crippen LogP contribution in [0.4, 0.5) is 5.69 Å². The van der Waals surface area contributed by atoms with Crippen molar-refractivity contribution in [3.05, 3.63) is 65.2 Å². The zero-order valence-electron chi connectivity index (χ0n) is 22.2. The van der Waals surface area contributed by atoms with E-state index in [1.165, 1.54) is 0 Å². The Morgan fingerprint density at radius 3 is 2.38 bits per heavy atom. The molecule has 0 aliphatic carbocycles. The first-order valence-electron chi connectivity index (χ1n) is 13.7. The SMILES string of the molecule is O=C(CCCCCC(=O)Nc1cccc([C@@H]2O[C@H](CN3CCOCC3)C[C@H](c3ccc(CO)cc3)O2)c1)NO. The Morgan fingerprint density at radius 1 is 0.923 bits per heavy atom. The van der Waals surface area contributed by atoms with Crippen molar-refractivity contribution in [3.8, 4) is 0 Å². The molecule has 4 rings (SSSR count). The van der Waals surface area contributed by atoms with E-state index in [0.29, 0.717) is 31.4 Å². The largest absolute Gasteiger partial charge is 0.392 e. The zero-order chi connectivity index (χ0) is 27.5. The van der Waals surface area contributed by atoms with E-state index in [0.717, 1.165) is 56.0 Å². The smallest absolute Gasteiger partial charge is 0.243 e. The van der Waals surface area contributed by atoms with Crippen molar-refractivity contribution in [2.24, 2.45) is 0 Å². The normalized spacial score (nSPS) is 21.8. The number of carbonyl (C=O) groups excluding carboxylic acids is 2. The van der Waals surface area contributed by atoms with Gasteiger partial charge in [0.15, 0.2) is 6.29 Å². The summed E-state index contributed by atoms with van der Waals surface area (Å²) in [6.07, 6.45) is 2.46. The molecule has 10 nitrogen and oxygen atoms in total. The van der Waals surface area contributed by atoms with Crippen molar-refractivity contribution >= 4 is 17.5 Å². The fourth-order valence-electron chi connectivity index (χ4n) is 4.90. The molecule has 0 unspecified atom stereocenters. The highest BCUT2D eigenvalue weighted by Crippen LogP contribution is 2.38. The van der Waals surface area contributed by atoms with Crippen LogP contribution in [0.3, 0.4) is 0 Å². The van der Waals surface area contributed by atoms with Crippen LogP contribution in [0.5, 0.6) is 0 Å². The molecular formula is C29H39N3O7. The van der Waals surface area contributed by atoms with E-state index in [9.17, 15) is 14.7 Å². The van der Waals surface area contributed by atoms with Crippen LogP contribution in [0.2, 0.25) is 0 Å². The second kappa shape index (κ2) is 15.1. The summed E-state index contributed by atoms with van der Waals surface area (Å²) >= 11 is 0. The molecule has 10 heteroatoms. The number of hydrogen-bond acceptors (Lipinski definition) is 8. The molecule has 4 N–H and O–H groups in total. The van der Waals surface area contributed by atoms with Crippen LogP contribution in [-0.2, 0) is 30.4 Å². The topological polar surface area (TPSA) is 130 Å². The minimum Gasteiger partial charge on any atom is -0.392 e. The number of benzene rings is 2. The van der Waals surface area contributed by atoms with Crippen molar-refractivity contribution < 1.29 is 34.1 Å². The maximum Gasteiger partial charge on any atom is 0.243 e. The molecule has 2 saturated heterocycles. The highest BCUT2D eigenvalue weighted by Gasteiger charge is 2.33. The molecule has 3 atom stereocenters. The van der Waals surface area contributed by atoms with Gasteiger partial charge in [0.2, 0.25) is 11.8 Å². The molecule has 0 aromatic heterocycles. The number of anilines is 1. The number of nitrogens with one attached hydrogen (secondary N) is 2. The van der Waals surface area contributed by atoms with Gasteiger partial charge in [-0.3, -0.25) is 19.7 Å². The molecule has 2 aromatic rings. The van der Waals surface area contributed by atoms with Crippen molar-refractivity contribution in [3.63, 3.8) is 0 Å². The zero-order valence-corrected chi connectivity index (χ0v) is 22.2. The number of rotatable bonds is 12. The van der Waals surface area contributed by atoms with Crippen LogP contribution in [-0.4, -0.2) is 66.0 Å². The first-order valence-corrected chi connectivity index (χ1v) is 13.7. The maximum absolute atomic E-state index is 12.5. The third-order valence-electron chi connectivity index (χ3n) is 7.06. The third-order valence-corrected chi connectivity index (χ3v) is 7.06. The number of carbonyl (C=O) groups is 2. The van der Waals surface area contributed by atoms with E-state index in [4.69, 9.17) is 19.4 Å². The molecule has 212 valence electrons. The average Bonchev–Trinajstić information content (AvgIpc) is 2.97. The van der Waals surface area contributed by atoms with Gasteiger partial charge in [-0.05, 0) is 36.1 Å². The lowest BCUT2D eigenvalue weighted by Gasteiger charge is -2.39. The van der Waals surface area contributed by atoms with Crippen LogP contribution in [0.25, 0.3) is 0 Å². The Balaban J connectivity index is 1.39. The number of ether oxygens (including phenoxy) is 3. The van der Waals surface area contributed by atoms with Gasteiger partial charge in [-0.2, -0.15) is 0 Å². The molecule has 2 aliphatic heterocycles. The van der Waals surface area contributed by atoms with Crippen LogP contribution < -0.4 is 10.8 Å². The summed E-state index contributed by atoms with van der Waals surface area (Å²) in [5.41, 5.74) is 5.00. The fraction of sp³-hybridized carbons (Fsp3) is 0.517. The highest BCUT2D eigenvalue weighted by molar-refractivity contribution is 5.90. The summed E-state index contributed by atoms with van der Waals surface area (Å²) < 4.78 is 18.4. The Labute approximate surface area is 229 Å². The van der Waals surface area contributed by atoms with Gasteiger partial charge in [0.05, 0.1) is 32.0 Å². The predicted octanol–water partition coefficient (Wildman–Crippen LogP) is 3.45. The van der Waals surface area contributed by atoms with E-state index in [1.54, 1.807) is 5.48 Å². The van der Waals surface area contributed by atoms with Crippen LogP contribution in [0, 0.1) is 0 Å². The predicted molar refractivity (Wildman–Crippen MR) is 144 cm³/mol. The summed E-state index contributed by atoms with van der Waals surface area (Å²) in [4.78, 5) is 25.9. The van der Waals surface area contributed by atoms with E-state index in [1.807, 2.05) is 48.5 Å². The van der Waals surface area contributed by atoms with Crippen LogP contribution >= 0.6 is 0 Å².